The Bertz CT molecular complexity index is 1660. The first-order valence-electron chi connectivity index (χ1n) is 14.4. The summed E-state index contributed by atoms with van der Waals surface area (Å²) in [5, 5.41) is 26.9. The number of carbonyl (C=O) groups is 2. The number of nitriles is 1. The minimum absolute atomic E-state index is 0.0184. The number of nitrogens with zero attached hydrogens (tertiary/aromatic N) is 7. The second-order valence-corrected chi connectivity index (χ2v) is 10.7. The average Bonchev–Trinajstić information content (AvgIpc) is 3.58. The number of tetrazole rings is 1. The molecule has 1 aliphatic carbocycles. The Labute approximate surface area is 259 Å². The minimum Gasteiger partial charge on any atom is -0.495 e. The molecule has 1 aliphatic rings. The van der Waals surface area contributed by atoms with Gasteiger partial charge in [0.2, 0.25) is 5.95 Å². The maximum Gasteiger partial charge on any atom is 0.308 e. The van der Waals surface area contributed by atoms with Crippen LogP contribution in [0.25, 0.3) is 11.1 Å². The van der Waals surface area contributed by atoms with E-state index in [1.165, 1.54) is 20.5 Å². The average molecular weight is 612 g/mol. The summed E-state index contributed by atoms with van der Waals surface area (Å²) in [4.78, 5) is 33.8. The molecule has 0 radical (unpaired) electrons. The van der Waals surface area contributed by atoms with E-state index in [0.29, 0.717) is 72.1 Å². The highest BCUT2D eigenvalue weighted by molar-refractivity contribution is 5.96. The number of carbonyl (C=O) groups excluding carboxylic acids is 2. The smallest absolute Gasteiger partial charge is 0.308 e. The Morgan fingerprint density at radius 1 is 1.04 bits per heavy atom. The summed E-state index contributed by atoms with van der Waals surface area (Å²) in [5.74, 6) is 0.716. The van der Waals surface area contributed by atoms with Crippen molar-refractivity contribution < 1.29 is 23.8 Å². The predicted octanol–water partition coefficient (Wildman–Crippen LogP) is 3.68. The highest BCUT2D eigenvalue weighted by Gasteiger charge is 2.28. The zero-order valence-electron chi connectivity index (χ0n) is 25.1. The molecule has 14 heteroatoms. The van der Waals surface area contributed by atoms with Crippen molar-refractivity contribution in [3.63, 3.8) is 0 Å². The van der Waals surface area contributed by atoms with Gasteiger partial charge in [-0.05, 0) is 78.9 Å². The van der Waals surface area contributed by atoms with Gasteiger partial charge in [-0.3, -0.25) is 9.59 Å². The molecule has 2 aromatic carbocycles. The van der Waals surface area contributed by atoms with Gasteiger partial charge in [0.15, 0.2) is 0 Å². The van der Waals surface area contributed by atoms with Crippen LogP contribution in [0.1, 0.15) is 48.5 Å². The normalized spacial score (nSPS) is 16.6. The lowest BCUT2D eigenvalue weighted by molar-refractivity contribution is -0.146. The Hall–Kier alpha value is -5.58. The van der Waals surface area contributed by atoms with E-state index < -0.39 is 0 Å². The Morgan fingerprint density at radius 3 is 2.49 bits per heavy atom. The van der Waals surface area contributed by atoms with Crippen LogP contribution in [0.2, 0.25) is 0 Å². The van der Waals surface area contributed by atoms with Crippen molar-refractivity contribution in [2.75, 3.05) is 19.5 Å². The van der Waals surface area contributed by atoms with Crippen LogP contribution in [-0.2, 0) is 16.1 Å². The lowest BCUT2D eigenvalue weighted by atomic mass is 9.86. The van der Waals surface area contributed by atoms with Crippen molar-refractivity contribution in [3.05, 3.63) is 66.2 Å². The van der Waals surface area contributed by atoms with Crippen LogP contribution in [0.5, 0.6) is 11.5 Å². The maximum atomic E-state index is 13.1. The molecule has 0 aliphatic heterocycles. The molecule has 232 valence electrons. The highest BCUT2D eigenvalue weighted by Crippen LogP contribution is 2.31. The molecule has 1 fully saturated rings. The van der Waals surface area contributed by atoms with Gasteiger partial charge < -0.3 is 24.8 Å². The first-order chi connectivity index (χ1) is 21.9. The number of ether oxygens (including phenoxy) is 3. The molecule has 1 atom stereocenters. The lowest BCUT2D eigenvalue weighted by Gasteiger charge is -2.27. The van der Waals surface area contributed by atoms with Crippen molar-refractivity contribution in [1.29, 1.82) is 5.26 Å². The largest absolute Gasteiger partial charge is 0.495 e. The summed E-state index contributed by atoms with van der Waals surface area (Å²) in [6.45, 7) is 2.28. The van der Waals surface area contributed by atoms with Crippen molar-refractivity contribution in [2.45, 2.75) is 51.3 Å². The van der Waals surface area contributed by atoms with Gasteiger partial charge in [-0.2, -0.15) is 5.26 Å². The van der Waals surface area contributed by atoms with E-state index in [1.807, 2.05) is 6.92 Å². The molecule has 1 unspecified atom stereocenters. The summed E-state index contributed by atoms with van der Waals surface area (Å²) in [6.07, 6.45) is 7.27. The van der Waals surface area contributed by atoms with Crippen molar-refractivity contribution in [2.24, 2.45) is 5.92 Å². The minimum atomic E-state index is -0.298. The second kappa shape index (κ2) is 14.3. The fourth-order valence-electron chi connectivity index (χ4n) is 5.19. The van der Waals surface area contributed by atoms with Crippen LogP contribution >= 0.6 is 0 Å². The predicted molar refractivity (Wildman–Crippen MR) is 162 cm³/mol. The zero-order valence-corrected chi connectivity index (χ0v) is 25.1. The molecule has 0 bridgehead atoms. The Kier molecular flexibility index (Phi) is 9.78. The lowest BCUT2D eigenvalue weighted by Crippen LogP contribution is -2.38. The quantitative estimate of drug-likeness (QED) is 0.235. The first kappa shape index (κ1) is 30.9. The molecular weight excluding hydrogens is 578 g/mol. The second-order valence-electron chi connectivity index (χ2n) is 10.7. The van der Waals surface area contributed by atoms with Crippen molar-refractivity contribution in [3.8, 4) is 28.7 Å². The summed E-state index contributed by atoms with van der Waals surface area (Å²) in [7, 11) is 2.94. The van der Waals surface area contributed by atoms with Crippen LogP contribution in [-0.4, -0.2) is 68.4 Å². The number of nitrogens with one attached hydrogen (secondary N) is 2. The number of benzene rings is 2. The SMILES string of the molecule is COC(=O)C1CCC(NC(=O)c2ccc(OC)c(Nc3ncc(-c4ccc(C#N)c(OC(C)Cn5cnnn5)c4)cn3)c2)CC1. The molecule has 0 spiro atoms. The van der Waals surface area contributed by atoms with E-state index in [0.717, 1.165) is 5.56 Å². The molecular formula is C31H33N9O5. The fraction of sp³-hybridized carbons (Fsp3) is 0.355. The van der Waals surface area contributed by atoms with Crippen LogP contribution in [0.15, 0.2) is 55.1 Å². The zero-order chi connectivity index (χ0) is 31.8. The molecule has 2 aromatic heterocycles. The van der Waals surface area contributed by atoms with Gasteiger partial charge in [0.1, 0.15) is 30.0 Å². The van der Waals surface area contributed by atoms with Gasteiger partial charge in [0, 0.05) is 29.6 Å². The number of anilines is 2. The maximum absolute atomic E-state index is 13.1. The number of aromatic nitrogens is 6. The van der Waals surface area contributed by atoms with Crippen LogP contribution < -0.4 is 20.1 Å². The number of hydrogen-bond donors (Lipinski definition) is 2. The molecule has 14 nitrogen and oxygen atoms in total. The monoisotopic (exact) mass is 611 g/mol. The topological polar surface area (TPSA) is 179 Å². The Balaban J connectivity index is 1.25. The molecule has 45 heavy (non-hydrogen) atoms. The molecule has 4 aromatic rings. The standard InChI is InChI=1S/C31H33N9O5/c1-19(17-40-18-35-38-39-40)45-28-13-21(4-5-23(28)14-32)24-15-33-31(34-16-24)37-26-12-22(8-11-27(26)43-2)29(41)36-25-9-6-20(7-10-25)30(42)44-3/h4-5,8,11-13,15-16,18-20,25H,6-7,9-10,17H2,1-3H3,(H,36,41)(H,33,34,37). The van der Waals surface area contributed by atoms with Crippen LogP contribution in [0.3, 0.4) is 0 Å². The van der Waals surface area contributed by atoms with Crippen molar-refractivity contribution >= 4 is 23.5 Å². The summed E-state index contributed by atoms with van der Waals surface area (Å²) >= 11 is 0. The fourth-order valence-corrected chi connectivity index (χ4v) is 5.19. The van der Waals surface area contributed by atoms with E-state index in [1.54, 1.807) is 53.5 Å². The molecule has 5 rings (SSSR count). The van der Waals surface area contributed by atoms with E-state index >= 15 is 0 Å². The van der Waals surface area contributed by atoms with E-state index in [2.05, 4.69) is 42.2 Å². The van der Waals surface area contributed by atoms with Gasteiger partial charge in [-0.15, -0.1) is 5.10 Å². The number of esters is 1. The summed E-state index contributed by atoms with van der Waals surface area (Å²) in [6, 6.07) is 12.5. The van der Waals surface area contributed by atoms with Gasteiger partial charge in [-0.25, -0.2) is 14.6 Å². The third kappa shape index (κ3) is 7.69. The summed E-state index contributed by atoms with van der Waals surface area (Å²) < 4.78 is 17.9. The number of amides is 1. The van der Waals surface area contributed by atoms with Crippen LogP contribution in [0, 0.1) is 17.2 Å². The third-order valence-corrected chi connectivity index (χ3v) is 7.56. The van der Waals surface area contributed by atoms with E-state index in [-0.39, 0.29) is 29.9 Å². The molecule has 2 N–H and O–H groups in total. The summed E-state index contributed by atoms with van der Waals surface area (Å²) in [5.41, 5.74) is 2.85. The molecule has 0 saturated heterocycles. The Morgan fingerprint density at radius 2 is 1.82 bits per heavy atom. The molecule has 2 heterocycles. The first-order valence-corrected chi connectivity index (χ1v) is 14.4. The van der Waals surface area contributed by atoms with Gasteiger partial charge in [0.25, 0.3) is 5.91 Å². The van der Waals surface area contributed by atoms with Crippen molar-refractivity contribution in [1.82, 2.24) is 35.5 Å². The highest BCUT2D eigenvalue weighted by atomic mass is 16.5. The molecule has 1 amide bonds. The number of methoxy groups -OCH3 is 2. The van der Waals surface area contributed by atoms with Gasteiger partial charge >= 0.3 is 5.97 Å². The van der Waals surface area contributed by atoms with Crippen LogP contribution in [0.4, 0.5) is 11.6 Å². The van der Waals surface area contributed by atoms with Gasteiger partial charge in [0.05, 0.1) is 37.9 Å². The van der Waals surface area contributed by atoms with Gasteiger partial charge in [-0.1, -0.05) is 6.07 Å². The van der Waals surface area contributed by atoms with E-state index in [9.17, 15) is 14.9 Å². The molecule has 1 saturated carbocycles. The number of hydrogen-bond acceptors (Lipinski definition) is 12. The van der Waals surface area contributed by atoms with E-state index in [4.69, 9.17) is 14.2 Å². The number of rotatable bonds is 11. The third-order valence-electron chi connectivity index (χ3n) is 7.56.